The molecule has 0 bridgehead atoms. The number of piperidine rings is 1. The summed E-state index contributed by atoms with van der Waals surface area (Å²) >= 11 is 0. The molecule has 1 fully saturated rings. The molecule has 1 saturated heterocycles. The second-order valence-electron chi connectivity index (χ2n) is 5.83. The van der Waals surface area contributed by atoms with Crippen molar-refractivity contribution in [2.24, 2.45) is 5.41 Å². The van der Waals surface area contributed by atoms with Crippen LogP contribution in [0.4, 0.5) is 5.95 Å². The molecule has 0 unspecified atom stereocenters. The van der Waals surface area contributed by atoms with E-state index in [-0.39, 0.29) is 19.2 Å². The maximum atomic E-state index is 11.5. The lowest BCUT2D eigenvalue weighted by Crippen LogP contribution is -2.46. The largest absolute Gasteiger partial charge is 0.477 e. The van der Waals surface area contributed by atoms with Gasteiger partial charge in [0.15, 0.2) is 0 Å². The zero-order valence-corrected chi connectivity index (χ0v) is 13.6. The van der Waals surface area contributed by atoms with E-state index in [1.54, 1.807) is 6.20 Å². The molecule has 8 nitrogen and oxygen atoms in total. The average Bonchev–Trinajstić information content (AvgIpc) is 2.48. The summed E-state index contributed by atoms with van der Waals surface area (Å²) in [5.74, 6) is 0.524. The summed E-state index contributed by atoms with van der Waals surface area (Å²) in [5, 5.41) is 9.73. The van der Waals surface area contributed by atoms with E-state index in [0.717, 1.165) is 5.56 Å². The molecular weight excluding hydrogens is 308 g/mol. The fourth-order valence-electron chi connectivity index (χ4n) is 2.45. The quantitative estimate of drug-likeness (QED) is 0.766. The van der Waals surface area contributed by atoms with Crippen molar-refractivity contribution < 1.29 is 18.3 Å². The molecule has 1 aliphatic rings. The van der Waals surface area contributed by atoms with Gasteiger partial charge in [0.25, 0.3) is 0 Å². The highest BCUT2D eigenvalue weighted by Crippen LogP contribution is 2.33. The Kier molecular flexibility index (Phi) is 4.88. The Morgan fingerprint density at radius 1 is 1.45 bits per heavy atom. The van der Waals surface area contributed by atoms with Gasteiger partial charge in [0.1, 0.15) is 0 Å². The minimum absolute atomic E-state index is 0.0653. The number of nitrogens with zero attached hydrogens (tertiary/aromatic N) is 3. The molecule has 1 aromatic heterocycles. The Labute approximate surface area is 130 Å². The fourth-order valence-corrected chi connectivity index (χ4v) is 3.29. The number of aryl methyl sites for hydroxylation is 1. The standard InChI is InChI=1S/C13H22N4O4S/c1-10-7-15-12(14)16-11(10)21-9-13(8-18)3-5-17(6-4-13)22(2,19)20/h7,18H,3-6,8-9H2,1-2H3,(H2,14,15,16). The van der Waals surface area contributed by atoms with Gasteiger partial charge in [-0.05, 0) is 19.8 Å². The molecule has 0 aromatic carbocycles. The average molecular weight is 330 g/mol. The number of rotatable bonds is 5. The molecular formula is C13H22N4O4S. The SMILES string of the molecule is Cc1cnc(N)nc1OCC1(CO)CCN(S(C)(=O)=O)CC1. The molecule has 124 valence electrons. The predicted molar refractivity (Wildman–Crippen MR) is 81.8 cm³/mol. The van der Waals surface area contributed by atoms with Crippen molar-refractivity contribution in [1.82, 2.24) is 14.3 Å². The zero-order chi connectivity index (χ0) is 16.4. The fraction of sp³-hybridized carbons (Fsp3) is 0.692. The van der Waals surface area contributed by atoms with Crippen molar-refractivity contribution in [3.63, 3.8) is 0 Å². The van der Waals surface area contributed by atoms with Gasteiger partial charge in [-0.2, -0.15) is 4.98 Å². The number of aromatic nitrogens is 2. The number of sulfonamides is 1. The molecule has 0 amide bonds. The van der Waals surface area contributed by atoms with Crippen molar-refractivity contribution in [2.45, 2.75) is 19.8 Å². The van der Waals surface area contributed by atoms with Crippen LogP contribution in [0.1, 0.15) is 18.4 Å². The first-order valence-electron chi connectivity index (χ1n) is 7.04. The van der Waals surface area contributed by atoms with E-state index in [9.17, 15) is 13.5 Å². The molecule has 0 spiro atoms. The van der Waals surface area contributed by atoms with Gasteiger partial charge in [-0.25, -0.2) is 17.7 Å². The van der Waals surface area contributed by atoms with Crippen LogP contribution in [0, 0.1) is 12.3 Å². The third kappa shape index (κ3) is 3.84. The molecule has 1 aromatic rings. The van der Waals surface area contributed by atoms with E-state index in [1.165, 1.54) is 10.6 Å². The zero-order valence-electron chi connectivity index (χ0n) is 12.8. The number of hydrogen-bond donors (Lipinski definition) is 2. The van der Waals surface area contributed by atoms with Crippen LogP contribution in [0.3, 0.4) is 0 Å². The number of nitrogen functional groups attached to an aromatic ring is 1. The number of aliphatic hydroxyl groups excluding tert-OH is 1. The summed E-state index contributed by atoms with van der Waals surface area (Å²) in [4.78, 5) is 7.91. The van der Waals surface area contributed by atoms with Crippen LogP contribution < -0.4 is 10.5 Å². The van der Waals surface area contributed by atoms with E-state index in [2.05, 4.69) is 9.97 Å². The Bertz CT molecular complexity index is 627. The van der Waals surface area contributed by atoms with Crippen molar-refractivity contribution in [3.8, 4) is 5.88 Å². The Hall–Kier alpha value is -1.45. The second-order valence-corrected chi connectivity index (χ2v) is 7.81. The van der Waals surface area contributed by atoms with Crippen molar-refractivity contribution in [1.29, 1.82) is 0 Å². The van der Waals surface area contributed by atoms with Gasteiger partial charge in [0.05, 0.1) is 19.5 Å². The van der Waals surface area contributed by atoms with E-state index in [1.807, 2.05) is 6.92 Å². The van der Waals surface area contributed by atoms with Crippen LogP contribution in [0.15, 0.2) is 6.20 Å². The third-order valence-corrected chi connectivity index (χ3v) is 5.35. The van der Waals surface area contributed by atoms with Gasteiger partial charge in [0.2, 0.25) is 21.9 Å². The van der Waals surface area contributed by atoms with Crippen molar-refractivity contribution >= 4 is 16.0 Å². The monoisotopic (exact) mass is 330 g/mol. The highest BCUT2D eigenvalue weighted by Gasteiger charge is 2.37. The van der Waals surface area contributed by atoms with E-state index >= 15 is 0 Å². The third-order valence-electron chi connectivity index (χ3n) is 4.05. The Balaban J connectivity index is 2.02. The number of hydrogen-bond acceptors (Lipinski definition) is 7. The van der Waals surface area contributed by atoms with Crippen LogP contribution in [-0.2, 0) is 10.0 Å². The number of anilines is 1. The predicted octanol–water partition coefficient (Wildman–Crippen LogP) is -0.220. The lowest BCUT2D eigenvalue weighted by molar-refractivity contribution is 0.0222. The molecule has 9 heteroatoms. The summed E-state index contributed by atoms with van der Waals surface area (Å²) in [6.07, 6.45) is 3.85. The second kappa shape index (κ2) is 6.35. The summed E-state index contributed by atoms with van der Waals surface area (Å²) in [7, 11) is -3.19. The number of aliphatic hydroxyl groups is 1. The van der Waals surface area contributed by atoms with Gasteiger partial charge in [-0.3, -0.25) is 0 Å². The molecule has 0 radical (unpaired) electrons. The molecule has 22 heavy (non-hydrogen) atoms. The Morgan fingerprint density at radius 3 is 2.64 bits per heavy atom. The highest BCUT2D eigenvalue weighted by atomic mass is 32.2. The van der Waals surface area contributed by atoms with Gasteiger partial charge in [-0.1, -0.05) is 0 Å². The van der Waals surface area contributed by atoms with E-state index in [4.69, 9.17) is 10.5 Å². The van der Waals surface area contributed by atoms with Gasteiger partial charge < -0.3 is 15.6 Å². The van der Waals surface area contributed by atoms with Crippen LogP contribution >= 0.6 is 0 Å². The van der Waals surface area contributed by atoms with Gasteiger partial charge in [-0.15, -0.1) is 0 Å². The summed E-state index contributed by atoms with van der Waals surface area (Å²) in [6, 6.07) is 0. The molecule has 2 rings (SSSR count). The summed E-state index contributed by atoms with van der Waals surface area (Å²) in [5.41, 5.74) is 5.84. The molecule has 2 heterocycles. The minimum Gasteiger partial charge on any atom is -0.477 e. The maximum absolute atomic E-state index is 11.5. The van der Waals surface area contributed by atoms with Gasteiger partial charge >= 0.3 is 0 Å². The van der Waals surface area contributed by atoms with Crippen molar-refractivity contribution in [2.75, 3.05) is 38.3 Å². The summed E-state index contributed by atoms with van der Waals surface area (Å²) < 4.78 is 30.2. The van der Waals surface area contributed by atoms with E-state index < -0.39 is 15.4 Å². The van der Waals surface area contributed by atoms with Crippen LogP contribution in [0.25, 0.3) is 0 Å². The number of ether oxygens (including phenoxy) is 1. The van der Waals surface area contributed by atoms with Gasteiger partial charge in [0, 0.05) is 30.3 Å². The normalized spacial score (nSPS) is 19.0. The topological polar surface area (TPSA) is 119 Å². The van der Waals surface area contributed by atoms with Crippen LogP contribution in [0.5, 0.6) is 5.88 Å². The number of nitrogens with two attached hydrogens (primary N) is 1. The first-order valence-corrected chi connectivity index (χ1v) is 8.88. The molecule has 0 saturated carbocycles. The summed E-state index contributed by atoms with van der Waals surface area (Å²) in [6.45, 7) is 2.77. The first kappa shape index (κ1) is 16.9. The minimum atomic E-state index is -3.19. The lowest BCUT2D eigenvalue weighted by Gasteiger charge is -2.39. The molecule has 0 aliphatic carbocycles. The molecule has 1 aliphatic heterocycles. The molecule has 3 N–H and O–H groups in total. The van der Waals surface area contributed by atoms with Crippen LogP contribution in [0.2, 0.25) is 0 Å². The Morgan fingerprint density at radius 2 is 2.09 bits per heavy atom. The lowest BCUT2D eigenvalue weighted by atomic mass is 9.80. The highest BCUT2D eigenvalue weighted by molar-refractivity contribution is 7.88. The van der Waals surface area contributed by atoms with Crippen molar-refractivity contribution in [3.05, 3.63) is 11.8 Å². The smallest absolute Gasteiger partial charge is 0.223 e. The van der Waals surface area contributed by atoms with Crippen LogP contribution in [-0.4, -0.2) is 60.4 Å². The molecule has 0 atom stereocenters. The van der Waals surface area contributed by atoms with E-state index in [0.29, 0.717) is 31.8 Å². The maximum Gasteiger partial charge on any atom is 0.223 e. The first-order chi connectivity index (χ1) is 10.3.